The van der Waals surface area contributed by atoms with E-state index < -0.39 is 0 Å². The molecule has 0 aliphatic carbocycles. The van der Waals surface area contributed by atoms with Crippen molar-refractivity contribution in [3.63, 3.8) is 0 Å². The molecule has 6 heterocycles. The van der Waals surface area contributed by atoms with E-state index in [-0.39, 0.29) is 0 Å². The van der Waals surface area contributed by atoms with Crippen molar-refractivity contribution >= 4 is 22.1 Å². The normalized spacial score (nSPS) is 11.5. The zero-order valence-corrected chi connectivity index (χ0v) is 15.8. The molecule has 0 fully saturated rings. The molecule has 10 nitrogen and oxygen atoms in total. The van der Waals surface area contributed by atoms with E-state index in [0.717, 1.165) is 44.6 Å². The number of nitrogens with zero attached hydrogens (tertiary/aromatic N) is 8. The summed E-state index contributed by atoms with van der Waals surface area (Å²) >= 11 is 0. The van der Waals surface area contributed by atoms with E-state index in [4.69, 9.17) is 4.98 Å². The molecule has 0 aliphatic rings. The summed E-state index contributed by atoms with van der Waals surface area (Å²) in [6.07, 6.45) is 14.0. The fourth-order valence-corrected chi connectivity index (χ4v) is 3.47. The zero-order valence-electron chi connectivity index (χ0n) is 15.8. The molecule has 6 aromatic heterocycles. The van der Waals surface area contributed by atoms with Crippen LogP contribution in [0.1, 0.15) is 5.69 Å². The molecule has 30 heavy (non-hydrogen) atoms. The average Bonchev–Trinajstić information content (AvgIpc) is 3.51. The van der Waals surface area contributed by atoms with Crippen molar-refractivity contribution in [1.29, 1.82) is 0 Å². The molecule has 0 saturated heterocycles. The minimum atomic E-state index is 0.606. The number of fused-ring (bicyclic) bond motifs is 2. The summed E-state index contributed by atoms with van der Waals surface area (Å²) in [7, 11) is 0. The van der Waals surface area contributed by atoms with Gasteiger partial charge in [-0.3, -0.25) is 10.1 Å². The van der Waals surface area contributed by atoms with Gasteiger partial charge in [-0.15, -0.1) is 0 Å². The lowest BCUT2D eigenvalue weighted by Crippen LogP contribution is -1.92. The lowest BCUT2D eigenvalue weighted by atomic mass is 10.1. The van der Waals surface area contributed by atoms with E-state index >= 15 is 0 Å². The molecule has 6 rings (SSSR count). The maximum atomic E-state index is 4.83. The third kappa shape index (κ3) is 2.54. The Morgan fingerprint density at radius 2 is 1.83 bits per heavy atom. The van der Waals surface area contributed by atoms with Crippen LogP contribution in [0.15, 0.2) is 55.9 Å². The van der Waals surface area contributed by atoms with E-state index in [1.54, 1.807) is 37.3 Å². The summed E-state index contributed by atoms with van der Waals surface area (Å²) < 4.78 is 1.91. The number of H-pyrrole nitrogens is 2. The minimum Gasteiger partial charge on any atom is -0.335 e. The Morgan fingerprint density at radius 1 is 0.933 bits per heavy atom. The molecule has 0 aromatic carbocycles. The van der Waals surface area contributed by atoms with Crippen LogP contribution in [0.4, 0.5) is 0 Å². The van der Waals surface area contributed by atoms with Crippen LogP contribution in [0.2, 0.25) is 0 Å². The number of aromatic amines is 2. The predicted molar refractivity (Wildman–Crippen MR) is 110 cm³/mol. The Kier molecular flexibility index (Phi) is 3.45. The molecular weight excluding hydrogens is 380 g/mol. The number of pyridine rings is 2. The smallest absolute Gasteiger partial charge is 0.181 e. The Labute approximate surface area is 169 Å². The van der Waals surface area contributed by atoms with Gasteiger partial charge < -0.3 is 9.55 Å². The Bertz CT molecular complexity index is 1510. The van der Waals surface area contributed by atoms with E-state index in [2.05, 4.69) is 40.1 Å². The highest BCUT2D eigenvalue weighted by Gasteiger charge is 2.16. The fourth-order valence-electron chi connectivity index (χ4n) is 3.47. The van der Waals surface area contributed by atoms with E-state index in [1.807, 2.05) is 23.8 Å². The number of imidazole rings is 2. The van der Waals surface area contributed by atoms with E-state index in [1.165, 1.54) is 6.33 Å². The predicted octanol–water partition coefficient (Wildman–Crippen LogP) is 2.85. The Balaban J connectivity index is 1.52. The average molecular weight is 394 g/mol. The molecule has 6 aromatic rings. The first-order chi connectivity index (χ1) is 14.8. The maximum absolute atomic E-state index is 4.83. The summed E-state index contributed by atoms with van der Waals surface area (Å²) in [5.74, 6) is 0.654. The highest BCUT2D eigenvalue weighted by Crippen LogP contribution is 2.29. The number of aromatic nitrogens is 10. The molecule has 0 atom stereocenters. The summed E-state index contributed by atoms with van der Waals surface area (Å²) in [6.45, 7) is 1.94. The number of aryl methyl sites for hydroxylation is 1. The lowest BCUT2D eigenvalue weighted by Gasteiger charge is -2.01. The molecule has 0 aliphatic heterocycles. The van der Waals surface area contributed by atoms with Gasteiger partial charge in [-0.25, -0.2) is 24.9 Å². The van der Waals surface area contributed by atoms with Gasteiger partial charge >= 0.3 is 0 Å². The van der Waals surface area contributed by atoms with Crippen LogP contribution in [0.25, 0.3) is 50.4 Å². The van der Waals surface area contributed by atoms with Gasteiger partial charge in [0.25, 0.3) is 0 Å². The third-order valence-electron chi connectivity index (χ3n) is 4.91. The topological polar surface area (TPSA) is 127 Å². The molecule has 0 unspecified atom stereocenters. The highest BCUT2D eigenvalue weighted by atomic mass is 15.2. The van der Waals surface area contributed by atoms with Crippen molar-refractivity contribution in [2.24, 2.45) is 0 Å². The Hall–Kier alpha value is -4.47. The summed E-state index contributed by atoms with van der Waals surface area (Å²) in [5.41, 5.74) is 6.52. The van der Waals surface area contributed by atoms with Crippen LogP contribution in [0.5, 0.6) is 0 Å². The molecule has 0 amide bonds. The molecular formula is C20H14N10. The van der Waals surface area contributed by atoms with Crippen molar-refractivity contribution in [2.45, 2.75) is 6.92 Å². The van der Waals surface area contributed by atoms with Gasteiger partial charge in [0.05, 0.1) is 41.0 Å². The van der Waals surface area contributed by atoms with Gasteiger partial charge in [-0.05, 0) is 13.0 Å². The molecule has 10 heteroatoms. The maximum Gasteiger partial charge on any atom is 0.181 e. The number of nitrogens with one attached hydrogen (secondary N) is 2. The number of hydrogen-bond acceptors (Lipinski definition) is 7. The second-order valence-corrected chi connectivity index (χ2v) is 6.88. The van der Waals surface area contributed by atoms with Gasteiger partial charge in [-0.1, -0.05) is 0 Å². The first-order valence-electron chi connectivity index (χ1n) is 9.21. The standard InChI is InChI=1S/C20H14N10/c1-11-8-30(10-25-11)16-7-21-6-15-18(16)27-20(26-15)17-14-2-12(5-24-19(14)29-28-17)13-3-22-9-23-4-13/h2-10H,1H3,(H,26,27)(H,24,28,29). The van der Waals surface area contributed by atoms with E-state index in [9.17, 15) is 0 Å². The fraction of sp³-hybridized carbons (Fsp3) is 0.0500. The second kappa shape index (κ2) is 6.27. The summed E-state index contributed by atoms with van der Waals surface area (Å²) in [4.78, 5) is 29.4. The third-order valence-corrected chi connectivity index (χ3v) is 4.91. The van der Waals surface area contributed by atoms with Crippen molar-refractivity contribution in [3.8, 4) is 28.3 Å². The van der Waals surface area contributed by atoms with Crippen LogP contribution in [-0.4, -0.2) is 49.7 Å². The SMILES string of the molecule is Cc1cn(-c2cncc3[nH]c(-c4[nH]nc5ncc(-c6cncnc6)cc45)nc23)cn1. The highest BCUT2D eigenvalue weighted by molar-refractivity contribution is 5.94. The van der Waals surface area contributed by atoms with Gasteiger partial charge in [0, 0.05) is 35.9 Å². The quantitative estimate of drug-likeness (QED) is 0.472. The van der Waals surface area contributed by atoms with Gasteiger partial charge in [-0.2, -0.15) is 5.10 Å². The molecule has 0 spiro atoms. The lowest BCUT2D eigenvalue weighted by molar-refractivity contribution is 1.05. The minimum absolute atomic E-state index is 0.606. The van der Waals surface area contributed by atoms with Crippen molar-refractivity contribution in [3.05, 3.63) is 61.6 Å². The van der Waals surface area contributed by atoms with Crippen molar-refractivity contribution in [2.75, 3.05) is 0 Å². The summed E-state index contributed by atoms with van der Waals surface area (Å²) in [5, 5.41) is 8.23. The second-order valence-electron chi connectivity index (χ2n) is 6.88. The number of rotatable bonds is 3. The Morgan fingerprint density at radius 3 is 2.67 bits per heavy atom. The van der Waals surface area contributed by atoms with Gasteiger partial charge in [0.15, 0.2) is 11.5 Å². The number of hydrogen-bond donors (Lipinski definition) is 2. The molecule has 0 radical (unpaired) electrons. The van der Waals surface area contributed by atoms with Crippen LogP contribution < -0.4 is 0 Å². The van der Waals surface area contributed by atoms with Crippen molar-refractivity contribution in [1.82, 2.24) is 49.7 Å². The summed E-state index contributed by atoms with van der Waals surface area (Å²) in [6, 6.07) is 2.01. The largest absolute Gasteiger partial charge is 0.335 e. The molecule has 144 valence electrons. The molecule has 0 saturated carbocycles. The van der Waals surface area contributed by atoms with Gasteiger partial charge in [0.2, 0.25) is 0 Å². The first-order valence-corrected chi connectivity index (χ1v) is 9.21. The molecule has 0 bridgehead atoms. The van der Waals surface area contributed by atoms with E-state index in [0.29, 0.717) is 11.5 Å². The zero-order chi connectivity index (χ0) is 20.1. The van der Waals surface area contributed by atoms with Crippen LogP contribution in [0, 0.1) is 6.92 Å². The molecule has 2 N–H and O–H groups in total. The van der Waals surface area contributed by atoms with Gasteiger partial charge in [0.1, 0.15) is 17.5 Å². The van der Waals surface area contributed by atoms with Crippen LogP contribution >= 0.6 is 0 Å². The van der Waals surface area contributed by atoms with Crippen molar-refractivity contribution < 1.29 is 0 Å². The monoisotopic (exact) mass is 394 g/mol. The first kappa shape index (κ1) is 16.5. The van der Waals surface area contributed by atoms with Crippen LogP contribution in [0.3, 0.4) is 0 Å². The van der Waals surface area contributed by atoms with Crippen LogP contribution in [-0.2, 0) is 0 Å².